The monoisotopic (exact) mass is 776 g/mol. The third kappa shape index (κ3) is 9.16. The Morgan fingerprint density at radius 1 is 0.636 bits per heavy atom. The number of anilines is 4. The van der Waals surface area contributed by atoms with Gasteiger partial charge in [0.05, 0.1) is 48.6 Å². The maximum atomic E-state index is 13.0. The van der Waals surface area contributed by atoms with E-state index in [0.29, 0.717) is 28.3 Å². The molecule has 0 aromatic heterocycles. The van der Waals surface area contributed by atoms with Crippen molar-refractivity contribution in [3.8, 4) is 11.5 Å². The molecule has 3 fully saturated rings. The van der Waals surface area contributed by atoms with E-state index in [9.17, 15) is 19.2 Å². The van der Waals surface area contributed by atoms with E-state index in [2.05, 4.69) is 43.9 Å². The Balaban J connectivity index is 0.000000202. The van der Waals surface area contributed by atoms with E-state index in [1.807, 2.05) is 48.5 Å². The van der Waals surface area contributed by atoms with Gasteiger partial charge in [0.2, 0.25) is 6.10 Å². The number of ketones is 2. The van der Waals surface area contributed by atoms with E-state index in [0.717, 1.165) is 95.7 Å². The molecule has 1 amide bonds. The standard InChI is InChI=1S/C25H30N4O4.C15H18N2O4.ClH/c1-27-9-11-29(12-10-27)21-4-2-3-20-22(30)17-23(33-24(20)21)25(31)26-18-5-7-19(8-6-18)28-13-15-32-16-14-28;1-16-5-7-17(8-6-16)11-4-2-3-10-12(18)9-13(15(19)20)21-14(10)11;/h2-8,23H,9-17H2,1H3,(H,26,31);2-4,13H,5-9H2,1H3,(H,19,20);1H. The number of carboxylic acid groups (broad SMARTS) is 1. The predicted octanol–water partition coefficient (Wildman–Crippen LogP) is 3.53. The zero-order chi connectivity index (χ0) is 37.8. The summed E-state index contributed by atoms with van der Waals surface area (Å²) in [4.78, 5) is 60.3. The molecule has 55 heavy (non-hydrogen) atoms. The van der Waals surface area contributed by atoms with E-state index in [-0.39, 0.29) is 42.7 Å². The number of para-hydroxylation sites is 2. The van der Waals surface area contributed by atoms with Gasteiger partial charge in [-0.05, 0) is 62.6 Å². The number of ether oxygens (including phenoxy) is 3. The Kier molecular flexibility index (Phi) is 12.8. The van der Waals surface area contributed by atoms with Crippen molar-refractivity contribution < 1.29 is 38.5 Å². The number of carbonyl (C=O) groups excluding carboxylic acids is 3. The number of hydrogen-bond acceptors (Lipinski definition) is 12. The van der Waals surface area contributed by atoms with Crippen molar-refractivity contribution in [1.29, 1.82) is 0 Å². The Morgan fingerprint density at radius 3 is 1.60 bits per heavy atom. The van der Waals surface area contributed by atoms with E-state index >= 15 is 0 Å². The summed E-state index contributed by atoms with van der Waals surface area (Å²) in [5.41, 5.74) is 4.55. The lowest BCUT2D eigenvalue weighted by Gasteiger charge is -2.36. The van der Waals surface area contributed by atoms with Gasteiger partial charge in [-0.25, -0.2) is 4.79 Å². The molecule has 0 saturated carbocycles. The number of aliphatic carboxylic acids is 1. The molecule has 5 heterocycles. The number of benzene rings is 3. The van der Waals surface area contributed by atoms with Gasteiger partial charge in [0, 0.05) is 76.8 Å². The summed E-state index contributed by atoms with van der Waals surface area (Å²) < 4.78 is 17.2. The molecule has 8 rings (SSSR count). The lowest BCUT2D eigenvalue weighted by atomic mass is 9.98. The second kappa shape index (κ2) is 17.7. The zero-order valence-corrected chi connectivity index (χ0v) is 32.1. The van der Waals surface area contributed by atoms with Crippen LogP contribution in [0.3, 0.4) is 0 Å². The number of fused-ring (bicyclic) bond motifs is 2. The van der Waals surface area contributed by atoms with Crippen LogP contribution in [0.15, 0.2) is 60.7 Å². The van der Waals surface area contributed by atoms with Crippen LogP contribution in [0.2, 0.25) is 0 Å². The molecule has 0 spiro atoms. The molecule has 3 saturated heterocycles. The highest BCUT2D eigenvalue weighted by atomic mass is 35.5. The van der Waals surface area contributed by atoms with E-state index < -0.39 is 18.2 Å². The van der Waals surface area contributed by atoms with Gasteiger partial charge in [-0.2, -0.15) is 0 Å². The lowest BCUT2D eigenvalue weighted by molar-refractivity contribution is -0.145. The minimum atomic E-state index is -1.10. The maximum absolute atomic E-state index is 13.0. The minimum Gasteiger partial charge on any atom is -0.478 e. The van der Waals surface area contributed by atoms with Gasteiger partial charge in [0.25, 0.3) is 5.91 Å². The Morgan fingerprint density at radius 2 is 1.11 bits per heavy atom. The van der Waals surface area contributed by atoms with Crippen molar-refractivity contribution in [2.24, 2.45) is 0 Å². The zero-order valence-electron chi connectivity index (χ0n) is 31.3. The van der Waals surface area contributed by atoms with E-state index in [1.54, 1.807) is 12.1 Å². The molecule has 5 aliphatic rings. The number of rotatable bonds is 6. The van der Waals surface area contributed by atoms with Crippen LogP contribution in [0, 0.1) is 0 Å². The van der Waals surface area contributed by atoms with Crippen LogP contribution in [0.1, 0.15) is 33.6 Å². The second-order valence-electron chi connectivity index (χ2n) is 14.3. The first kappa shape index (κ1) is 39.8. The van der Waals surface area contributed by atoms with Crippen molar-refractivity contribution >= 4 is 58.6 Å². The molecule has 294 valence electrons. The average Bonchev–Trinajstić information content (AvgIpc) is 3.19. The highest BCUT2D eigenvalue weighted by Gasteiger charge is 2.36. The molecular formula is C40H49ClN6O8. The number of halogens is 1. The molecule has 2 atom stereocenters. The number of likely N-dealkylation sites (N-methyl/N-ethyl adjacent to an activating group) is 2. The summed E-state index contributed by atoms with van der Waals surface area (Å²) in [7, 11) is 4.17. The molecule has 2 N–H and O–H groups in total. The smallest absolute Gasteiger partial charge is 0.345 e. The number of morpholine rings is 1. The first-order valence-electron chi connectivity index (χ1n) is 18.6. The summed E-state index contributed by atoms with van der Waals surface area (Å²) in [6.07, 6.45) is -2.00. The number of nitrogens with one attached hydrogen (secondary N) is 1. The largest absolute Gasteiger partial charge is 0.478 e. The molecule has 0 bridgehead atoms. The highest BCUT2D eigenvalue weighted by molar-refractivity contribution is 6.07. The number of piperazine rings is 2. The number of carboxylic acids is 1. The Bertz CT molecular complexity index is 1860. The summed E-state index contributed by atoms with van der Waals surface area (Å²) in [6.45, 7) is 10.3. The predicted molar refractivity (Wildman–Crippen MR) is 212 cm³/mol. The van der Waals surface area contributed by atoms with Gasteiger partial charge >= 0.3 is 5.97 Å². The second-order valence-corrected chi connectivity index (χ2v) is 14.3. The van der Waals surface area contributed by atoms with Crippen LogP contribution in [0.5, 0.6) is 11.5 Å². The maximum Gasteiger partial charge on any atom is 0.345 e. The summed E-state index contributed by atoms with van der Waals surface area (Å²) >= 11 is 0. The fraction of sp³-hybridized carbons (Fsp3) is 0.450. The van der Waals surface area contributed by atoms with E-state index in [4.69, 9.17) is 19.3 Å². The fourth-order valence-electron chi connectivity index (χ4n) is 7.34. The topological polar surface area (TPSA) is 144 Å². The van der Waals surface area contributed by atoms with Crippen molar-refractivity contribution in [1.82, 2.24) is 9.80 Å². The number of hydrogen-bond donors (Lipinski definition) is 2. The molecule has 3 aromatic carbocycles. The lowest BCUT2D eigenvalue weighted by Crippen LogP contribution is -2.45. The fourth-order valence-corrected chi connectivity index (χ4v) is 7.34. The Hall–Kier alpha value is -4.89. The van der Waals surface area contributed by atoms with Gasteiger partial charge in [-0.3, -0.25) is 14.4 Å². The molecular weight excluding hydrogens is 728 g/mol. The number of amides is 1. The quantitative estimate of drug-likeness (QED) is 0.377. The first-order chi connectivity index (χ1) is 26.1. The summed E-state index contributed by atoms with van der Waals surface area (Å²) in [6, 6.07) is 18.8. The van der Waals surface area contributed by atoms with Crippen molar-refractivity contribution in [2.75, 3.05) is 113 Å². The molecule has 5 aliphatic heterocycles. The number of Topliss-reactive ketones (excluding diaryl/α,β-unsaturated/α-hetero) is 2. The van der Waals surface area contributed by atoms with Gasteiger partial charge in [0.15, 0.2) is 29.2 Å². The van der Waals surface area contributed by atoms with Gasteiger partial charge in [-0.1, -0.05) is 12.1 Å². The van der Waals surface area contributed by atoms with E-state index in [1.165, 1.54) is 0 Å². The SMILES string of the molecule is CN1CCN(c2cccc3c2OC(C(=O)Nc2ccc(N4CCOCC4)cc2)CC3=O)CC1.CN1CCN(c2cccc3c2OC(C(=O)O)CC3=O)CC1.Cl. The molecule has 2 unspecified atom stereocenters. The van der Waals surface area contributed by atoms with Crippen molar-refractivity contribution in [2.45, 2.75) is 25.0 Å². The van der Waals surface area contributed by atoms with Crippen molar-refractivity contribution in [3.05, 3.63) is 71.8 Å². The third-order valence-corrected chi connectivity index (χ3v) is 10.6. The van der Waals surface area contributed by atoms with Crippen LogP contribution in [-0.2, 0) is 14.3 Å². The first-order valence-corrected chi connectivity index (χ1v) is 18.6. The van der Waals surface area contributed by atoms with Crippen LogP contribution in [0.25, 0.3) is 0 Å². The summed E-state index contributed by atoms with van der Waals surface area (Å²) in [5.74, 6) is -0.676. The van der Waals surface area contributed by atoms with Crippen LogP contribution < -0.4 is 29.5 Å². The van der Waals surface area contributed by atoms with Gasteiger partial charge < -0.3 is 49.1 Å². The van der Waals surface area contributed by atoms with Gasteiger partial charge in [-0.15, -0.1) is 12.4 Å². The number of nitrogens with zero attached hydrogens (tertiary/aromatic N) is 5. The van der Waals surface area contributed by atoms with Crippen LogP contribution in [-0.4, -0.2) is 143 Å². The summed E-state index contributed by atoms with van der Waals surface area (Å²) in [5, 5.41) is 12.0. The Labute approximate surface area is 327 Å². The molecule has 14 nitrogen and oxygen atoms in total. The molecule has 3 aromatic rings. The van der Waals surface area contributed by atoms with Crippen LogP contribution in [0.4, 0.5) is 22.7 Å². The molecule has 0 radical (unpaired) electrons. The minimum absolute atomic E-state index is 0. The van der Waals surface area contributed by atoms with Crippen LogP contribution >= 0.6 is 12.4 Å². The molecule has 0 aliphatic carbocycles. The molecule has 15 heteroatoms. The van der Waals surface area contributed by atoms with Gasteiger partial charge in [0.1, 0.15) is 0 Å². The number of carbonyl (C=O) groups is 4. The third-order valence-electron chi connectivity index (χ3n) is 10.6. The average molecular weight is 777 g/mol. The highest BCUT2D eigenvalue weighted by Crippen LogP contribution is 2.39. The normalized spacial score (nSPS) is 21.5. The van der Waals surface area contributed by atoms with Crippen molar-refractivity contribution in [3.63, 3.8) is 0 Å².